The summed E-state index contributed by atoms with van der Waals surface area (Å²) in [7, 11) is -2.29. The molecule has 1 heterocycles. The number of rotatable bonds is 9. The van der Waals surface area contributed by atoms with Crippen molar-refractivity contribution in [3.8, 4) is 0 Å². The molecule has 0 atom stereocenters. The maximum absolute atomic E-state index is 12.2. The summed E-state index contributed by atoms with van der Waals surface area (Å²) in [5.41, 5.74) is 0. The smallest absolute Gasteiger partial charge is 0.244 e. The number of amides is 1. The molecule has 0 unspecified atom stereocenters. The van der Waals surface area contributed by atoms with Crippen LogP contribution in [0.4, 0.5) is 5.82 Å². The van der Waals surface area contributed by atoms with E-state index in [-0.39, 0.29) is 17.3 Å². The first kappa shape index (κ1) is 17.3. The average molecular weight is 316 g/mol. The van der Waals surface area contributed by atoms with E-state index in [9.17, 15) is 13.2 Å². The highest BCUT2D eigenvalue weighted by atomic mass is 32.2. The van der Waals surface area contributed by atoms with Crippen molar-refractivity contribution in [2.45, 2.75) is 11.8 Å². The lowest BCUT2D eigenvalue weighted by atomic mass is 10.4. The van der Waals surface area contributed by atoms with Crippen LogP contribution in [-0.2, 0) is 19.6 Å². The van der Waals surface area contributed by atoms with Gasteiger partial charge in [0, 0.05) is 26.4 Å². The van der Waals surface area contributed by atoms with Crippen LogP contribution in [0.3, 0.4) is 0 Å². The van der Waals surface area contributed by atoms with E-state index in [1.165, 1.54) is 25.4 Å². The van der Waals surface area contributed by atoms with Crippen LogP contribution in [-0.4, -0.2) is 52.7 Å². The highest BCUT2D eigenvalue weighted by Crippen LogP contribution is 2.17. The third-order valence-electron chi connectivity index (χ3n) is 2.46. The minimum Gasteiger partial charge on any atom is -0.383 e. The highest BCUT2D eigenvalue weighted by molar-refractivity contribution is 7.89. The third-order valence-corrected chi connectivity index (χ3v) is 3.89. The van der Waals surface area contributed by atoms with E-state index >= 15 is 0 Å². The Balaban J connectivity index is 2.67. The first-order valence-corrected chi connectivity index (χ1v) is 7.93. The van der Waals surface area contributed by atoms with Crippen molar-refractivity contribution in [1.82, 2.24) is 15.0 Å². The minimum atomic E-state index is -3.81. The highest BCUT2D eigenvalue weighted by Gasteiger charge is 2.19. The largest absolute Gasteiger partial charge is 0.383 e. The first-order chi connectivity index (χ1) is 10.0. The number of anilines is 1. The van der Waals surface area contributed by atoms with Gasteiger partial charge in [-0.2, -0.15) is 0 Å². The van der Waals surface area contributed by atoms with Gasteiger partial charge in [0.2, 0.25) is 15.9 Å². The number of sulfonamides is 1. The number of ether oxygens (including phenoxy) is 1. The summed E-state index contributed by atoms with van der Waals surface area (Å²) in [6.45, 7) is 2.73. The molecule has 1 amide bonds. The molecular formula is C12H20N4O4S. The van der Waals surface area contributed by atoms with Gasteiger partial charge in [0.25, 0.3) is 0 Å². The molecule has 0 saturated carbocycles. The topological polar surface area (TPSA) is 109 Å². The van der Waals surface area contributed by atoms with E-state index in [0.29, 0.717) is 19.7 Å². The molecule has 0 fully saturated rings. The van der Waals surface area contributed by atoms with Crippen molar-refractivity contribution >= 4 is 21.7 Å². The van der Waals surface area contributed by atoms with Crippen LogP contribution in [0, 0.1) is 0 Å². The summed E-state index contributed by atoms with van der Waals surface area (Å²) in [6.07, 6.45) is 1.49. The standard InChI is InChI=1S/C12H20N4O4S/c1-3-13-12-10(5-4-6-15-12)21(18,19)16-9-11(17)14-7-8-20-2/h4-6,16H,3,7-9H2,1-2H3,(H,13,15)(H,14,17). The van der Waals surface area contributed by atoms with E-state index in [1.807, 2.05) is 6.92 Å². The molecular weight excluding hydrogens is 296 g/mol. The van der Waals surface area contributed by atoms with Gasteiger partial charge in [-0.3, -0.25) is 4.79 Å². The number of methoxy groups -OCH3 is 1. The number of pyridine rings is 1. The number of nitrogens with zero attached hydrogens (tertiary/aromatic N) is 1. The van der Waals surface area contributed by atoms with Crippen molar-refractivity contribution in [1.29, 1.82) is 0 Å². The Morgan fingerprint density at radius 2 is 2.19 bits per heavy atom. The van der Waals surface area contributed by atoms with Gasteiger partial charge in [-0.1, -0.05) is 0 Å². The van der Waals surface area contributed by atoms with Crippen molar-refractivity contribution < 1.29 is 17.9 Å². The fraction of sp³-hybridized carbons (Fsp3) is 0.500. The zero-order chi connectivity index (χ0) is 15.7. The Morgan fingerprint density at radius 1 is 1.43 bits per heavy atom. The summed E-state index contributed by atoms with van der Waals surface area (Å²) in [6, 6.07) is 2.95. The van der Waals surface area contributed by atoms with E-state index in [1.54, 1.807) is 0 Å². The lowest BCUT2D eigenvalue weighted by Gasteiger charge is -2.11. The van der Waals surface area contributed by atoms with Crippen LogP contribution in [0.15, 0.2) is 23.2 Å². The number of carbonyl (C=O) groups excluding carboxylic acids is 1. The Bertz CT molecular complexity index is 562. The van der Waals surface area contributed by atoms with Gasteiger partial charge in [0.1, 0.15) is 10.7 Å². The zero-order valence-corrected chi connectivity index (χ0v) is 12.9. The zero-order valence-electron chi connectivity index (χ0n) is 12.0. The summed E-state index contributed by atoms with van der Waals surface area (Å²) in [5, 5.41) is 5.39. The molecule has 0 aromatic carbocycles. The van der Waals surface area contributed by atoms with Crippen LogP contribution in [0.5, 0.6) is 0 Å². The molecule has 3 N–H and O–H groups in total. The van der Waals surface area contributed by atoms with Gasteiger partial charge in [0.05, 0.1) is 13.2 Å². The molecule has 0 spiro atoms. The first-order valence-electron chi connectivity index (χ1n) is 6.45. The molecule has 1 rings (SSSR count). The van der Waals surface area contributed by atoms with E-state index in [4.69, 9.17) is 4.74 Å². The molecule has 0 aliphatic carbocycles. The predicted molar refractivity (Wildman–Crippen MR) is 78.5 cm³/mol. The lowest BCUT2D eigenvalue weighted by Crippen LogP contribution is -2.38. The molecule has 1 aromatic heterocycles. The van der Waals surface area contributed by atoms with Gasteiger partial charge in [0.15, 0.2) is 0 Å². The van der Waals surface area contributed by atoms with Crippen LogP contribution in [0.2, 0.25) is 0 Å². The van der Waals surface area contributed by atoms with Crippen molar-refractivity contribution in [2.75, 3.05) is 38.7 Å². The summed E-state index contributed by atoms with van der Waals surface area (Å²) >= 11 is 0. The number of hydrogen-bond acceptors (Lipinski definition) is 6. The Kier molecular flexibility index (Phi) is 7.06. The maximum Gasteiger partial charge on any atom is 0.244 e. The van der Waals surface area contributed by atoms with Crippen molar-refractivity contribution in [2.24, 2.45) is 0 Å². The number of carbonyl (C=O) groups is 1. The summed E-state index contributed by atoms with van der Waals surface area (Å²) < 4.78 is 31.4. The second kappa shape index (κ2) is 8.55. The second-order valence-corrected chi connectivity index (χ2v) is 5.78. The van der Waals surface area contributed by atoms with Crippen LogP contribution < -0.4 is 15.4 Å². The number of nitrogens with one attached hydrogen (secondary N) is 3. The van der Waals surface area contributed by atoms with Gasteiger partial charge >= 0.3 is 0 Å². The second-order valence-electron chi connectivity index (χ2n) is 4.05. The van der Waals surface area contributed by atoms with E-state index in [0.717, 1.165) is 0 Å². The molecule has 9 heteroatoms. The molecule has 0 radical (unpaired) electrons. The van der Waals surface area contributed by atoms with Crippen LogP contribution >= 0.6 is 0 Å². The predicted octanol–water partition coefficient (Wildman–Crippen LogP) is -0.446. The van der Waals surface area contributed by atoms with Crippen molar-refractivity contribution in [3.63, 3.8) is 0 Å². The van der Waals surface area contributed by atoms with Gasteiger partial charge in [-0.25, -0.2) is 18.1 Å². The van der Waals surface area contributed by atoms with Crippen LogP contribution in [0.25, 0.3) is 0 Å². The van der Waals surface area contributed by atoms with E-state index in [2.05, 4.69) is 20.3 Å². The number of hydrogen-bond donors (Lipinski definition) is 3. The molecule has 8 nitrogen and oxygen atoms in total. The van der Waals surface area contributed by atoms with Gasteiger partial charge < -0.3 is 15.4 Å². The summed E-state index contributed by atoms with van der Waals surface area (Å²) in [4.78, 5) is 15.5. The quantitative estimate of drug-likeness (QED) is 0.533. The summed E-state index contributed by atoms with van der Waals surface area (Å²) in [5.74, 6) is -0.170. The Morgan fingerprint density at radius 3 is 2.86 bits per heavy atom. The van der Waals surface area contributed by atoms with Crippen LogP contribution in [0.1, 0.15) is 6.92 Å². The minimum absolute atomic E-state index is 0.0107. The monoisotopic (exact) mass is 316 g/mol. The van der Waals surface area contributed by atoms with Crippen molar-refractivity contribution in [3.05, 3.63) is 18.3 Å². The Labute approximate surface area is 124 Å². The molecule has 0 bridgehead atoms. The SMILES string of the molecule is CCNc1ncccc1S(=O)(=O)NCC(=O)NCCOC. The molecule has 118 valence electrons. The fourth-order valence-electron chi connectivity index (χ4n) is 1.50. The average Bonchev–Trinajstić information content (AvgIpc) is 2.46. The number of aromatic nitrogens is 1. The normalized spacial score (nSPS) is 11.1. The maximum atomic E-state index is 12.2. The third kappa shape index (κ3) is 5.66. The fourth-order valence-corrected chi connectivity index (χ4v) is 2.61. The Hall–Kier alpha value is -1.71. The molecule has 0 aliphatic heterocycles. The molecule has 0 saturated heterocycles. The lowest BCUT2D eigenvalue weighted by molar-refractivity contribution is -0.120. The van der Waals surface area contributed by atoms with Gasteiger partial charge in [-0.15, -0.1) is 0 Å². The molecule has 21 heavy (non-hydrogen) atoms. The van der Waals surface area contributed by atoms with E-state index < -0.39 is 15.9 Å². The molecule has 0 aliphatic rings. The van der Waals surface area contributed by atoms with Gasteiger partial charge in [-0.05, 0) is 19.1 Å². The molecule has 1 aromatic rings.